The zero-order valence-electron chi connectivity index (χ0n) is 24.4. The second-order valence-corrected chi connectivity index (χ2v) is 13.2. The highest BCUT2D eigenvalue weighted by Gasteiger charge is 2.64. The number of aromatic hydroxyl groups is 1. The predicted octanol–water partition coefficient (Wildman–Crippen LogP) is 5.66. The van der Waals surface area contributed by atoms with Crippen LogP contribution in [0.4, 0.5) is 0 Å². The van der Waals surface area contributed by atoms with E-state index in [2.05, 4.69) is 42.7 Å². The third-order valence-electron chi connectivity index (χ3n) is 9.79. The summed E-state index contributed by atoms with van der Waals surface area (Å²) >= 11 is 0. The van der Waals surface area contributed by atoms with E-state index in [0.717, 1.165) is 74.1 Å². The van der Waals surface area contributed by atoms with E-state index >= 15 is 0 Å². The minimum atomic E-state index is -0.660. The number of fused-ring (bicyclic) bond motifs is 1. The number of likely N-dealkylation sites (N-methyl/N-ethyl adjacent to an activating group) is 1. The number of hydrogen-bond acceptors (Lipinski definition) is 4. The van der Waals surface area contributed by atoms with Gasteiger partial charge in [-0.2, -0.15) is 0 Å². The van der Waals surface area contributed by atoms with Crippen molar-refractivity contribution in [1.82, 2.24) is 5.32 Å². The summed E-state index contributed by atoms with van der Waals surface area (Å²) in [6, 6.07) is 18.0. The maximum Gasteiger partial charge on any atom is 0.303 e. The molecule has 6 heteroatoms. The van der Waals surface area contributed by atoms with E-state index in [1.54, 1.807) is 6.07 Å². The number of nitrogens with one attached hydrogen (secondary N) is 1. The first-order valence-corrected chi connectivity index (χ1v) is 15.4. The van der Waals surface area contributed by atoms with Gasteiger partial charge in [0.1, 0.15) is 12.3 Å². The summed E-state index contributed by atoms with van der Waals surface area (Å²) in [5.41, 5.74) is 1.26. The summed E-state index contributed by atoms with van der Waals surface area (Å²) in [6.45, 7) is 4.43. The third-order valence-corrected chi connectivity index (χ3v) is 9.79. The van der Waals surface area contributed by atoms with Gasteiger partial charge in [-0.3, -0.25) is 9.59 Å². The number of unbranched alkanes of at least 4 members (excludes halogenated alkanes) is 2. The lowest BCUT2D eigenvalue weighted by Crippen LogP contribution is -2.72. The molecule has 1 saturated heterocycles. The summed E-state index contributed by atoms with van der Waals surface area (Å²) in [4.78, 5) is 25.7. The molecule has 5 rings (SSSR count). The number of amides is 1. The number of hydrogen-bond donors (Lipinski definition) is 2. The van der Waals surface area contributed by atoms with Crippen LogP contribution in [0.1, 0.15) is 82.3 Å². The standard InChI is InChI=1S/C34H46N2O4/c1-26(37)40-34-19-18-30(35-32(39)15-8-4-7-12-27-10-5-3-6-11-27)23-33(34,29-13-9-14-31(38)22-29)20-21-36(2,25-34)24-28-16-17-28/h3,5-6,9-11,13-14,22,28,30H,4,7-8,12,15-21,23-25H2,1-2H3,(H-,35,38,39)/p+1/t30-,33+,34?,36-/m1/s1. The van der Waals surface area contributed by atoms with E-state index in [1.165, 1.54) is 25.3 Å². The number of carbonyl (C=O) groups excluding carboxylic acids is 2. The van der Waals surface area contributed by atoms with E-state index in [-0.39, 0.29) is 23.7 Å². The van der Waals surface area contributed by atoms with Crippen LogP contribution >= 0.6 is 0 Å². The van der Waals surface area contributed by atoms with Gasteiger partial charge in [-0.05, 0) is 74.6 Å². The highest BCUT2D eigenvalue weighted by atomic mass is 16.6. The highest BCUT2D eigenvalue weighted by Crippen LogP contribution is 2.55. The fourth-order valence-electron chi connectivity index (χ4n) is 7.80. The Labute approximate surface area is 239 Å². The molecule has 1 unspecified atom stereocenters. The van der Waals surface area contributed by atoms with Crippen LogP contribution in [0.25, 0.3) is 0 Å². The van der Waals surface area contributed by atoms with Crippen LogP contribution in [0.5, 0.6) is 5.75 Å². The first kappa shape index (κ1) is 28.7. The predicted molar refractivity (Wildman–Crippen MR) is 157 cm³/mol. The third kappa shape index (κ3) is 6.54. The quantitative estimate of drug-likeness (QED) is 0.216. The number of quaternary nitrogens is 1. The SMILES string of the molecule is CC(=O)OC12CC[C@@H](NC(=O)CCCCCc3ccccc3)C[C@]1(c1cccc(O)c1)CC[N@+](C)(CC1CC1)C2. The Kier molecular flexibility index (Phi) is 8.55. The Morgan fingerprint density at radius 3 is 2.55 bits per heavy atom. The highest BCUT2D eigenvalue weighted by molar-refractivity contribution is 5.76. The van der Waals surface area contributed by atoms with Gasteiger partial charge in [0.2, 0.25) is 5.91 Å². The number of phenolic OH excluding ortho intramolecular Hbond substituents is 1. The Morgan fingerprint density at radius 2 is 1.82 bits per heavy atom. The molecule has 2 aromatic rings. The second-order valence-electron chi connectivity index (χ2n) is 13.2. The molecule has 2 saturated carbocycles. The minimum Gasteiger partial charge on any atom is -0.508 e. The van der Waals surface area contributed by atoms with Gasteiger partial charge in [0.15, 0.2) is 5.60 Å². The van der Waals surface area contributed by atoms with Crippen molar-refractivity contribution in [2.75, 3.05) is 26.7 Å². The van der Waals surface area contributed by atoms with Crippen molar-refractivity contribution in [3.8, 4) is 5.75 Å². The van der Waals surface area contributed by atoms with Crippen molar-refractivity contribution in [2.24, 2.45) is 5.92 Å². The lowest BCUT2D eigenvalue weighted by atomic mass is 9.54. The summed E-state index contributed by atoms with van der Waals surface area (Å²) in [5, 5.41) is 13.8. The van der Waals surface area contributed by atoms with Gasteiger partial charge in [0, 0.05) is 37.1 Å². The average Bonchev–Trinajstić information content (AvgIpc) is 3.72. The number of carbonyl (C=O) groups is 2. The molecule has 3 fully saturated rings. The molecule has 0 spiro atoms. The van der Waals surface area contributed by atoms with Crippen molar-refractivity contribution >= 4 is 11.9 Å². The molecule has 2 N–H and O–H groups in total. The second kappa shape index (κ2) is 11.9. The van der Waals surface area contributed by atoms with Gasteiger partial charge in [-0.15, -0.1) is 0 Å². The van der Waals surface area contributed by atoms with Crippen LogP contribution in [0.3, 0.4) is 0 Å². The lowest BCUT2D eigenvalue weighted by Gasteiger charge is -2.60. The number of piperidine rings is 1. The van der Waals surface area contributed by atoms with Gasteiger partial charge in [-0.1, -0.05) is 48.9 Å². The number of likely N-dealkylation sites (tertiary alicyclic amines) is 1. The molecule has 2 aliphatic carbocycles. The van der Waals surface area contributed by atoms with Gasteiger partial charge in [0.05, 0.1) is 20.1 Å². The van der Waals surface area contributed by atoms with Crippen molar-refractivity contribution < 1.29 is 23.9 Å². The van der Waals surface area contributed by atoms with Crippen LogP contribution in [0.15, 0.2) is 54.6 Å². The number of benzene rings is 2. The van der Waals surface area contributed by atoms with Gasteiger partial charge >= 0.3 is 5.97 Å². The molecular weight excluding hydrogens is 500 g/mol. The molecule has 1 heterocycles. The average molecular weight is 548 g/mol. The Balaban J connectivity index is 1.29. The van der Waals surface area contributed by atoms with E-state index in [0.29, 0.717) is 19.3 Å². The molecule has 4 atom stereocenters. The smallest absolute Gasteiger partial charge is 0.303 e. The Bertz CT molecular complexity index is 1180. The first-order valence-electron chi connectivity index (χ1n) is 15.4. The summed E-state index contributed by atoms with van der Waals surface area (Å²) in [5.74, 6) is 0.866. The molecule has 0 radical (unpaired) electrons. The Hall–Kier alpha value is -2.86. The molecule has 40 heavy (non-hydrogen) atoms. The summed E-state index contributed by atoms with van der Waals surface area (Å²) in [6.07, 6.45) is 10.3. The van der Waals surface area contributed by atoms with Crippen molar-refractivity contribution in [3.63, 3.8) is 0 Å². The fourth-order valence-corrected chi connectivity index (χ4v) is 7.80. The number of rotatable bonds is 11. The molecule has 0 bridgehead atoms. The fraction of sp³-hybridized carbons (Fsp3) is 0.588. The molecule has 216 valence electrons. The summed E-state index contributed by atoms with van der Waals surface area (Å²) < 4.78 is 7.33. The van der Waals surface area contributed by atoms with Crippen molar-refractivity contribution in [3.05, 3.63) is 65.7 Å². The number of phenols is 1. The normalized spacial score (nSPS) is 29.8. The van der Waals surface area contributed by atoms with E-state index in [4.69, 9.17) is 4.74 Å². The minimum absolute atomic E-state index is 0.0168. The van der Waals surface area contributed by atoms with Crippen molar-refractivity contribution in [2.45, 2.75) is 94.6 Å². The first-order chi connectivity index (χ1) is 19.2. The monoisotopic (exact) mass is 547 g/mol. The van der Waals surface area contributed by atoms with Crippen LogP contribution in [-0.4, -0.2) is 59.8 Å². The molecule has 2 aromatic carbocycles. The van der Waals surface area contributed by atoms with E-state index < -0.39 is 11.0 Å². The molecule has 1 aliphatic heterocycles. The number of nitrogens with zero attached hydrogens (tertiary/aromatic N) is 1. The zero-order valence-corrected chi connectivity index (χ0v) is 24.4. The molecule has 1 amide bonds. The molecule has 3 aliphatic rings. The van der Waals surface area contributed by atoms with E-state index in [9.17, 15) is 14.7 Å². The van der Waals surface area contributed by atoms with Crippen LogP contribution in [0, 0.1) is 5.92 Å². The van der Waals surface area contributed by atoms with E-state index in [1.807, 2.05) is 18.2 Å². The molecule has 0 aromatic heterocycles. The van der Waals surface area contributed by atoms with Gasteiger partial charge < -0.3 is 19.6 Å². The summed E-state index contributed by atoms with van der Waals surface area (Å²) in [7, 11) is 2.32. The topological polar surface area (TPSA) is 75.6 Å². The number of ether oxygens (including phenoxy) is 1. The molecular formula is C34H47N2O4+. The number of esters is 1. The zero-order chi connectivity index (χ0) is 28.2. The van der Waals surface area contributed by atoms with Crippen LogP contribution < -0.4 is 5.32 Å². The van der Waals surface area contributed by atoms with Crippen LogP contribution in [-0.2, 0) is 26.2 Å². The van der Waals surface area contributed by atoms with Gasteiger partial charge in [-0.25, -0.2) is 0 Å². The van der Waals surface area contributed by atoms with Crippen LogP contribution in [0.2, 0.25) is 0 Å². The maximum absolute atomic E-state index is 13.0. The lowest BCUT2D eigenvalue weighted by molar-refractivity contribution is -0.924. The Morgan fingerprint density at radius 1 is 1.02 bits per heavy atom. The molecule has 6 nitrogen and oxygen atoms in total. The maximum atomic E-state index is 13.0. The number of aryl methyl sites for hydroxylation is 1. The van der Waals surface area contributed by atoms with Gasteiger partial charge in [0.25, 0.3) is 0 Å². The largest absolute Gasteiger partial charge is 0.508 e. The van der Waals surface area contributed by atoms with Crippen molar-refractivity contribution in [1.29, 1.82) is 0 Å².